The molecule has 0 aromatic heterocycles. The van der Waals surface area contributed by atoms with Gasteiger partial charge < -0.3 is 19.5 Å². The minimum atomic E-state index is -0.560. The number of methoxy groups -OCH3 is 2. The number of benzene rings is 2. The van der Waals surface area contributed by atoms with Gasteiger partial charge in [0.1, 0.15) is 11.6 Å². The molecule has 0 aliphatic heterocycles. The highest BCUT2D eigenvalue weighted by molar-refractivity contribution is 6.09. The van der Waals surface area contributed by atoms with Crippen molar-refractivity contribution < 1.29 is 23.8 Å². The summed E-state index contributed by atoms with van der Waals surface area (Å²) >= 11 is 0. The maximum Gasteiger partial charge on any atom is 0.337 e. The Balaban J connectivity index is 2.00. The van der Waals surface area contributed by atoms with Crippen LogP contribution in [0.1, 0.15) is 61.4 Å². The molecule has 0 aliphatic rings. The molecule has 0 atom stereocenters. The average Bonchev–Trinajstić information content (AvgIpc) is 2.87. The molecule has 2 aromatic carbocycles. The van der Waals surface area contributed by atoms with E-state index in [-0.39, 0.29) is 5.57 Å². The van der Waals surface area contributed by atoms with Crippen molar-refractivity contribution in [1.82, 2.24) is 0 Å². The topological polar surface area (TPSA) is 97.7 Å². The molecule has 34 heavy (non-hydrogen) atoms. The van der Waals surface area contributed by atoms with Gasteiger partial charge in [-0.15, -0.1) is 0 Å². The van der Waals surface area contributed by atoms with Crippen molar-refractivity contribution >= 4 is 23.6 Å². The number of nitriles is 1. The Morgan fingerprint density at radius 1 is 0.971 bits per heavy atom. The van der Waals surface area contributed by atoms with Gasteiger partial charge in [-0.05, 0) is 54.5 Å². The lowest BCUT2D eigenvalue weighted by atomic mass is 10.1. The normalized spacial score (nSPS) is 10.8. The summed E-state index contributed by atoms with van der Waals surface area (Å²) in [6.45, 7) is 2.81. The summed E-state index contributed by atoms with van der Waals surface area (Å²) in [5.41, 5.74) is 1.38. The number of unbranched alkanes of at least 4 members (excludes halogenated alkanes) is 5. The SMILES string of the molecule is CCCCCCCCOc1ccc(/C=C(/C#N)C(=O)Nc2ccc(C(=O)OC)cc2)cc1OC. The fourth-order valence-corrected chi connectivity index (χ4v) is 3.28. The number of amides is 1. The van der Waals surface area contributed by atoms with Crippen molar-refractivity contribution in [1.29, 1.82) is 5.26 Å². The van der Waals surface area contributed by atoms with Gasteiger partial charge in [0.2, 0.25) is 0 Å². The minimum Gasteiger partial charge on any atom is -0.493 e. The molecule has 7 heteroatoms. The smallest absolute Gasteiger partial charge is 0.337 e. The van der Waals surface area contributed by atoms with Gasteiger partial charge in [-0.1, -0.05) is 45.1 Å². The fraction of sp³-hybridized carbons (Fsp3) is 0.370. The van der Waals surface area contributed by atoms with E-state index in [9.17, 15) is 14.9 Å². The molecule has 0 radical (unpaired) electrons. The number of rotatable bonds is 13. The number of carbonyl (C=O) groups is 2. The second-order valence-corrected chi connectivity index (χ2v) is 7.72. The predicted molar refractivity (Wildman–Crippen MR) is 132 cm³/mol. The van der Waals surface area contributed by atoms with E-state index in [1.54, 1.807) is 37.4 Å². The summed E-state index contributed by atoms with van der Waals surface area (Å²) in [6.07, 6.45) is 8.57. The Labute approximate surface area is 201 Å². The molecule has 180 valence electrons. The summed E-state index contributed by atoms with van der Waals surface area (Å²) in [4.78, 5) is 24.1. The van der Waals surface area contributed by atoms with Crippen molar-refractivity contribution in [2.24, 2.45) is 0 Å². The van der Waals surface area contributed by atoms with E-state index in [2.05, 4.69) is 17.0 Å². The number of carbonyl (C=O) groups excluding carboxylic acids is 2. The monoisotopic (exact) mass is 464 g/mol. The zero-order valence-electron chi connectivity index (χ0n) is 20.1. The van der Waals surface area contributed by atoms with E-state index in [1.807, 2.05) is 6.07 Å². The van der Waals surface area contributed by atoms with E-state index >= 15 is 0 Å². The Morgan fingerprint density at radius 2 is 1.68 bits per heavy atom. The average molecular weight is 465 g/mol. The van der Waals surface area contributed by atoms with Crippen molar-refractivity contribution in [3.8, 4) is 17.6 Å². The van der Waals surface area contributed by atoms with Crippen LogP contribution in [0.2, 0.25) is 0 Å². The molecule has 1 amide bonds. The lowest BCUT2D eigenvalue weighted by Crippen LogP contribution is -2.13. The van der Waals surface area contributed by atoms with Crippen LogP contribution in [-0.4, -0.2) is 32.7 Å². The number of ether oxygens (including phenoxy) is 3. The third kappa shape index (κ3) is 8.28. The van der Waals surface area contributed by atoms with Gasteiger partial charge >= 0.3 is 5.97 Å². The number of hydrogen-bond donors (Lipinski definition) is 1. The maximum atomic E-state index is 12.6. The van der Waals surface area contributed by atoms with Crippen LogP contribution in [0, 0.1) is 11.3 Å². The molecule has 0 bridgehead atoms. The molecular formula is C27H32N2O5. The summed E-state index contributed by atoms with van der Waals surface area (Å²) in [6, 6.07) is 13.4. The van der Waals surface area contributed by atoms with Crippen LogP contribution in [0.15, 0.2) is 48.0 Å². The van der Waals surface area contributed by atoms with Crippen molar-refractivity contribution in [2.75, 3.05) is 26.1 Å². The third-order valence-corrected chi connectivity index (χ3v) is 5.18. The quantitative estimate of drug-likeness (QED) is 0.175. The highest BCUT2D eigenvalue weighted by atomic mass is 16.5. The van der Waals surface area contributed by atoms with Crippen LogP contribution < -0.4 is 14.8 Å². The van der Waals surface area contributed by atoms with Gasteiger partial charge in [0.25, 0.3) is 5.91 Å². The molecular weight excluding hydrogens is 432 g/mol. The lowest BCUT2D eigenvalue weighted by molar-refractivity contribution is -0.112. The first-order valence-electron chi connectivity index (χ1n) is 11.4. The largest absolute Gasteiger partial charge is 0.493 e. The van der Waals surface area contributed by atoms with E-state index in [4.69, 9.17) is 9.47 Å². The van der Waals surface area contributed by atoms with E-state index in [0.29, 0.717) is 34.9 Å². The standard InChI is InChI=1S/C27H32N2O5/c1-4-5-6-7-8-9-16-34-24-15-10-20(18-25(24)32-2)17-22(19-28)26(30)29-23-13-11-21(12-14-23)27(31)33-3/h10-15,17-18H,4-9,16H2,1-3H3,(H,29,30)/b22-17-. The van der Waals surface area contributed by atoms with Crippen LogP contribution in [0.5, 0.6) is 11.5 Å². The fourth-order valence-electron chi connectivity index (χ4n) is 3.28. The molecule has 0 heterocycles. The zero-order valence-corrected chi connectivity index (χ0v) is 20.1. The maximum absolute atomic E-state index is 12.6. The van der Waals surface area contributed by atoms with E-state index in [1.165, 1.54) is 51.0 Å². The third-order valence-electron chi connectivity index (χ3n) is 5.18. The number of anilines is 1. The first kappa shape index (κ1) is 26.5. The molecule has 2 rings (SSSR count). The number of nitrogens with zero attached hydrogens (tertiary/aromatic N) is 1. The second kappa shape index (κ2) is 14.4. The molecule has 0 saturated heterocycles. The number of hydrogen-bond acceptors (Lipinski definition) is 6. The molecule has 2 aromatic rings. The Hall–Kier alpha value is -3.79. The summed E-state index contributed by atoms with van der Waals surface area (Å²) in [5, 5.41) is 12.1. The first-order chi connectivity index (χ1) is 16.5. The molecule has 0 unspecified atom stereocenters. The van der Waals surface area contributed by atoms with Crippen LogP contribution in [0.3, 0.4) is 0 Å². The van der Waals surface area contributed by atoms with Crippen molar-refractivity contribution in [2.45, 2.75) is 45.4 Å². The van der Waals surface area contributed by atoms with Gasteiger partial charge in [-0.3, -0.25) is 4.79 Å². The molecule has 1 N–H and O–H groups in total. The van der Waals surface area contributed by atoms with Gasteiger partial charge in [0, 0.05) is 5.69 Å². The lowest BCUT2D eigenvalue weighted by Gasteiger charge is -2.11. The van der Waals surface area contributed by atoms with Crippen LogP contribution in [0.25, 0.3) is 6.08 Å². The summed E-state index contributed by atoms with van der Waals surface area (Å²) in [7, 11) is 2.85. The number of esters is 1. The summed E-state index contributed by atoms with van der Waals surface area (Å²) in [5.74, 6) is 0.136. The molecule has 7 nitrogen and oxygen atoms in total. The van der Waals surface area contributed by atoms with E-state index < -0.39 is 11.9 Å². The molecule has 0 saturated carbocycles. The Morgan fingerprint density at radius 3 is 2.32 bits per heavy atom. The Bertz CT molecular complexity index is 1020. The first-order valence-corrected chi connectivity index (χ1v) is 11.4. The van der Waals surface area contributed by atoms with Crippen LogP contribution in [0.4, 0.5) is 5.69 Å². The van der Waals surface area contributed by atoms with Crippen molar-refractivity contribution in [3.63, 3.8) is 0 Å². The zero-order chi connectivity index (χ0) is 24.8. The molecule has 0 aliphatic carbocycles. The van der Waals surface area contributed by atoms with Crippen molar-refractivity contribution in [3.05, 3.63) is 59.2 Å². The van der Waals surface area contributed by atoms with Gasteiger partial charge in [0.05, 0.1) is 26.4 Å². The van der Waals surface area contributed by atoms with Crippen LogP contribution >= 0.6 is 0 Å². The van der Waals surface area contributed by atoms with E-state index in [0.717, 1.165) is 12.8 Å². The predicted octanol–water partition coefficient (Wildman–Crippen LogP) is 5.77. The summed E-state index contributed by atoms with van der Waals surface area (Å²) < 4.78 is 15.9. The minimum absolute atomic E-state index is 0.0696. The Kier molecular flexibility index (Phi) is 11.2. The highest BCUT2D eigenvalue weighted by Crippen LogP contribution is 2.29. The van der Waals surface area contributed by atoms with Gasteiger partial charge in [-0.2, -0.15) is 5.26 Å². The van der Waals surface area contributed by atoms with Gasteiger partial charge in [-0.25, -0.2) is 4.79 Å². The second-order valence-electron chi connectivity index (χ2n) is 7.72. The molecule has 0 spiro atoms. The van der Waals surface area contributed by atoms with Crippen LogP contribution in [-0.2, 0) is 9.53 Å². The molecule has 0 fully saturated rings. The number of nitrogens with one attached hydrogen (secondary N) is 1. The van der Waals surface area contributed by atoms with Gasteiger partial charge in [0.15, 0.2) is 11.5 Å². The highest BCUT2D eigenvalue weighted by Gasteiger charge is 2.12.